The van der Waals surface area contributed by atoms with Crippen LogP contribution in [0.25, 0.3) is 16.9 Å². The zero-order valence-corrected chi connectivity index (χ0v) is 14.2. The van der Waals surface area contributed by atoms with Crippen LogP contribution in [-0.2, 0) is 10.0 Å². The highest BCUT2D eigenvalue weighted by molar-refractivity contribution is 7.89. The Kier molecular flexibility index (Phi) is 4.13. The Hall–Kier alpha value is -2.64. The molecule has 0 aliphatic rings. The first kappa shape index (κ1) is 16.2. The van der Waals surface area contributed by atoms with E-state index in [1.165, 1.54) is 12.1 Å². The zero-order chi connectivity index (χ0) is 17.3. The van der Waals surface area contributed by atoms with E-state index in [9.17, 15) is 8.42 Å². The highest BCUT2D eigenvalue weighted by Crippen LogP contribution is 2.27. The molecule has 0 fully saturated rings. The van der Waals surface area contributed by atoms with Gasteiger partial charge < -0.3 is 4.90 Å². The molecule has 0 amide bonds. The van der Waals surface area contributed by atoms with Gasteiger partial charge in [-0.25, -0.2) is 18.2 Å². The molecule has 2 N–H and O–H groups in total. The predicted molar refractivity (Wildman–Crippen MR) is 94.7 cm³/mol. The van der Waals surface area contributed by atoms with Crippen LogP contribution in [-0.4, -0.2) is 32.3 Å². The standard InChI is InChI=1S/C17H18N4O2S/c1-20(2)17-12-16(13-6-4-3-5-7-13)21(19-17)14-8-10-15(11-9-14)24(18,22)23/h3-12H,1-2H3,(H2,18,22,23). The lowest BCUT2D eigenvalue weighted by atomic mass is 10.1. The van der Waals surface area contributed by atoms with Crippen LogP contribution in [0.15, 0.2) is 65.6 Å². The molecule has 0 saturated heterocycles. The second-order valence-electron chi connectivity index (χ2n) is 5.60. The summed E-state index contributed by atoms with van der Waals surface area (Å²) in [5.74, 6) is 0.810. The van der Waals surface area contributed by atoms with Crippen molar-refractivity contribution in [1.82, 2.24) is 9.78 Å². The van der Waals surface area contributed by atoms with Crippen molar-refractivity contribution in [2.45, 2.75) is 4.90 Å². The lowest BCUT2D eigenvalue weighted by Crippen LogP contribution is -2.12. The summed E-state index contributed by atoms with van der Waals surface area (Å²) in [4.78, 5) is 1.99. The zero-order valence-electron chi connectivity index (χ0n) is 13.4. The minimum Gasteiger partial charge on any atom is -0.361 e. The molecule has 2 aromatic carbocycles. The van der Waals surface area contributed by atoms with Gasteiger partial charge in [0, 0.05) is 25.7 Å². The highest BCUT2D eigenvalue weighted by atomic mass is 32.2. The summed E-state index contributed by atoms with van der Waals surface area (Å²) >= 11 is 0. The van der Waals surface area contributed by atoms with Gasteiger partial charge in [0.1, 0.15) is 0 Å². The molecule has 0 radical (unpaired) electrons. The lowest BCUT2D eigenvalue weighted by Gasteiger charge is -2.09. The number of benzene rings is 2. The summed E-state index contributed by atoms with van der Waals surface area (Å²) in [6.45, 7) is 0. The Labute approximate surface area is 141 Å². The van der Waals surface area contributed by atoms with Crippen molar-refractivity contribution in [3.63, 3.8) is 0 Å². The van der Waals surface area contributed by atoms with Gasteiger partial charge in [0.25, 0.3) is 0 Å². The fraction of sp³-hybridized carbons (Fsp3) is 0.118. The van der Waals surface area contributed by atoms with E-state index in [-0.39, 0.29) is 4.90 Å². The molecule has 0 saturated carbocycles. The third-order valence-corrected chi connectivity index (χ3v) is 4.56. The maximum atomic E-state index is 11.4. The van der Waals surface area contributed by atoms with Gasteiger partial charge in [0.2, 0.25) is 10.0 Å². The molecular weight excluding hydrogens is 324 g/mol. The molecule has 0 spiro atoms. The van der Waals surface area contributed by atoms with E-state index in [0.29, 0.717) is 0 Å². The molecule has 0 bridgehead atoms. The largest absolute Gasteiger partial charge is 0.361 e. The molecule has 0 unspecified atom stereocenters. The van der Waals surface area contributed by atoms with E-state index in [4.69, 9.17) is 5.14 Å². The highest BCUT2D eigenvalue weighted by Gasteiger charge is 2.14. The normalized spacial score (nSPS) is 11.5. The summed E-state index contributed by atoms with van der Waals surface area (Å²) in [6, 6.07) is 18.2. The van der Waals surface area contributed by atoms with Crippen LogP contribution in [0, 0.1) is 0 Å². The molecule has 124 valence electrons. The summed E-state index contributed by atoms with van der Waals surface area (Å²) < 4.78 is 24.6. The topological polar surface area (TPSA) is 81.2 Å². The Morgan fingerprint density at radius 3 is 2.17 bits per heavy atom. The molecule has 1 heterocycles. The molecule has 3 aromatic rings. The van der Waals surface area contributed by atoms with Crippen LogP contribution < -0.4 is 10.0 Å². The van der Waals surface area contributed by atoms with E-state index >= 15 is 0 Å². The second-order valence-corrected chi connectivity index (χ2v) is 7.16. The van der Waals surface area contributed by atoms with Crippen LogP contribution in [0.3, 0.4) is 0 Å². The number of hydrogen-bond donors (Lipinski definition) is 1. The van der Waals surface area contributed by atoms with E-state index < -0.39 is 10.0 Å². The first-order valence-electron chi connectivity index (χ1n) is 7.32. The third-order valence-electron chi connectivity index (χ3n) is 3.63. The van der Waals surface area contributed by atoms with Crippen molar-refractivity contribution >= 4 is 15.8 Å². The minimum atomic E-state index is -3.71. The number of nitrogens with zero attached hydrogens (tertiary/aromatic N) is 3. The maximum absolute atomic E-state index is 11.4. The number of nitrogens with two attached hydrogens (primary N) is 1. The summed E-state index contributed by atoms with van der Waals surface area (Å²) in [5.41, 5.74) is 2.70. The monoisotopic (exact) mass is 342 g/mol. The average Bonchev–Trinajstić information content (AvgIpc) is 3.00. The van der Waals surface area contributed by atoms with Crippen LogP contribution in [0.4, 0.5) is 5.82 Å². The fourth-order valence-corrected chi connectivity index (χ4v) is 2.89. The summed E-state index contributed by atoms with van der Waals surface area (Å²) in [6.07, 6.45) is 0. The minimum absolute atomic E-state index is 0.0764. The molecule has 0 aliphatic heterocycles. The maximum Gasteiger partial charge on any atom is 0.238 e. The molecule has 0 aliphatic carbocycles. The number of aromatic nitrogens is 2. The molecule has 7 heteroatoms. The van der Waals surface area contributed by atoms with E-state index in [2.05, 4.69) is 5.10 Å². The van der Waals surface area contributed by atoms with Crippen molar-refractivity contribution in [2.24, 2.45) is 5.14 Å². The molecule has 24 heavy (non-hydrogen) atoms. The smallest absolute Gasteiger partial charge is 0.238 e. The van der Waals surface area contributed by atoms with Crippen molar-refractivity contribution in [1.29, 1.82) is 0 Å². The molecule has 1 aromatic heterocycles. The molecule has 6 nitrogen and oxygen atoms in total. The Morgan fingerprint density at radius 2 is 1.62 bits per heavy atom. The van der Waals surface area contributed by atoms with Gasteiger partial charge in [-0.15, -0.1) is 5.10 Å². The van der Waals surface area contributed by atoms with E-state index in [1.807, 2.05) is 55.4 Å². The summed E-state index contributed by atoms with van der Waals surface area (Å²) in [7, 11) is 0.134. The first-order chi connectivity index (χ1) is 11.4. The van der Waals surface area contributed by atoms with Gasteiger partial charge in [0.05, 0.1) is 16.3 Å². The van der Waals surface area contributed by atoms with Crippen LogP contribution >= 0.6 is 0 Å². The number of primary sulfonamides is 1. The first-order valence-corrected chi connectivity index (χ1v) is 8.87. The summed E-state index contributed by atoms with van der Waals surface area (Å²) in [5, 5.41) is 9.76. The van der Waals surface area contributed by atoms with Gasteiger partial charge in [-0.3, -0.25) is 0 Å². The average molecular weight is 342 g/mol. The number of anilines is 1. The fourth-order valence-electron chi connectivity index (χ4n) is 2.38. The van der Waals surface area contributed by atoms with Gasteiger partial charge in [-0.2, -0.15) is 0 Å². The quantitative estimate of drug-likeness (QED) is 0.788. The Bertz CT molecular complexity index is 946. The molecule has 0 atom stereocenters. The Balaban J connectivity index is 2.13. The van der Waals surface area contributed by atoms with Gasteiger partial charge in [-0.05, 0) is 24.3 Å². The molecule has 3 rings (SSSR count). The molecular formula is C17H18N4O2S. The van der Waals surface area contributed by atoms with Gasteiger partial charge >= 0.3 is 0 Å². The lowest BCUT2D eigenvalue weighted by molar-refractivity contribution is 0.598. The van der Waals surface area contributed by atoms with Crippen LogP contribution in [0.1, 0.15) is 0 Å². The number of sulfonamides is 1. The van der Waals surface area contributed by atoms with Crippen molar-refractivity contribution < 1.29 is 8.42 Å². The SMILES string of the molecule is CN(C)c1cc(-c2ccccc2)n(-c2ccc(S(N)(=O)=O)cc2)n1. The van der Waals surface area contributed by atoms with E-state index in [1.54, 1.807) is 16.8 Å². The second kappa shape index (κ2) is 6.10. The van der Waals surface area contributed by atoms with Crippen LogP contribution in [0.5, 0.6) is 0 Å². The van der Waals surface area contributed by atoms with Gasteiger partial charge in [0.15, 0.2) is 5.82 Å². The predicted octanol–water partition coefficient (Wildman–Crippen LogP) is 2.25. The third kappa shape index (κ3) is 3.17. The van der Waals surface area contributed by atoms with Crippen molar-refractivity contribution in [3.8, 4) is 16.9 Å². The Morgan fingerprint density at radius 1 is 1.00 bits per heavy atom. The van der Waals surface area contributed by atoms with Crippen LogP contribution in [0.2, 0.25) is 0 Å². The van der Waals surface area contributed by atoms with Crippen molar-refractivity contribution in [2.75, 3.05) is 19.0 Å². The number of rotatable bonds is 4. The van der Waals surface area contributed by atoms with Gasteiger partial charge in [-0.1, -0.05) is 30.3 Å². The van der Waals surface area contributed by atoms with E-state index in [0.717, 1.165) is 22.8 Å². The van der Waals surface area contributed by atoms with Crippen molar-refractivity contribution in [3.05, 3.63) is 60.7 Å². The number of hydrogen-bond acceptors (Lipinski definition) is 4.